The van der Waals surface area contributed by atoms with E-state index in [2.05, 4.69) is 5.32 Å². The van der Waals surface area contributed by atoms with E-state index in [1.165, 1.54) is 6.07 Å². The zero-order chi connectivity index (χ0) is 16.3. The molecular weight excluding hydrogens is 297 g/mol. The lowest BCUT2D eigenvalue weighted by atomic mass is 10.1. The molecule has 122 valence electrons. The number of urea groups is 1. The number of halogens is 3. The monoisotopic (exact) mass is 316 g/mol. The Morgan fingerprint density at radius 2 is 1.95 bits per heavy atom. The summed E-state index contributed by atoms with van der Waals surface area (Å²) in [5, 5.41) is 2.65. The molecule has 1 fully saturated rings. The maximum atomic E-state index is 12.6. The van der Waals surface area contributed by atoms with Crippen LogP contribution in [0.3, 0.4) is 0 Å². The third kappa shape index (κ3) is 4.37. The van der Waals surface area contributed by atoms with E-state index < -0.39 is 11.7 Å². The number of alkyl halides is 3. The van der Waals surface area contributed by atoms with Crippen molar-refractivity contribution in [3.63, 3.8) is 0 Å². The molecule has 2 amide bonds. The van der Waals surface area contributed by atoms with Crippen molar-refractivity contribution >= 4 is 6.03 Å². The molecule has 0 aliphatic carbocycles. The lowest BCUT2D eigenvalue weighted by Crippen LogP contribution is -2.51. The van der Waals surface area contributed by atoms with Crippen molar-refractivity contribution in [1.29, 1.82) is 0 Å². The molecule has 22 heavy (non-hydrogen) atoms. The van der Waals surface area contributed by atoms with E-state index in [9.17, 15) is 18.0 Å². The fourth-order valence-electron chi connectivity index (χ4n) is 2.49. The van der Waals surface area contributed by atoms with E-state index in [1.807, 2.05) is 13.8 Å². The minimum atomic E-state index is -4.38. The smallest absolute Gasteiger partial charge is 0.372 e. The first-order valence-corrected chi connectivity index (χ1v) is 7.10. The number of carbonyl (C=O) groups is 1. The third-order valence-electron chi connectivity index (χ3n) is 3.40. The van der Waals surface area contributed by atoms with Gasteiger partial charge in [-0.25, -0.2) is 4.79 Å². The number of hydrogen-bond donors (Lipinski definition) is 1. The summed E-state index contributed by atoms with van der Waals surface area (Å²) in [5.74, 6) is 0. The number of carbonyl (C=O) groups excluding carboxylic acids is 1. The lowest BCUT2D eigenvalue weighted by molar-refractivity contribution is -0.137. The van der Waals surface area contributed by atoms with Crippen molar-refractivity contribution in [3.05, 3.63) is 35.4 Å². The maximum absolute atomic E-state index is 12.6. The summed E-state index contributed by atoms with van der Waals surface area (Å²) in [4.78, 5) is 13.7. The second-order valence-electron chi connectivity index (χ2n) is 5.52. The average molecular weight is 316 g/mol. The van der Waals surface area contributed by atoms with Crippen molar-refractivity contribution in [2.75, 3.05) is 13.1 Å². The molecule has 1 saturated heterocycles. The molecular formula is C15H19F3N2O2. The Labute approximate surface area is 127 Å². The van der Waals surface area contributed by atoms with Gasteiger partial charge < -0.3 is 15.0 Å². The van der Waals surface area contributed by atoms with E-state index in [4.69, 9.17) is 4.74 Å². The van der Waals surface area contributed by atoms with Gasteiger partial charge in [0.25, 0.3) is 0 Å². The van der Waals surface area contributed by atoms with Gasteiger partial charge in [-0.05, 0) is 31.5 Å². The Morgan fingerprint density at radius 3 is 2.55 bits per heavy atom. The van der Waals surface area contributed by atoms with Crippen LogP contribution in [0.4, 0.5) is 18.0 Å². The highest BCUT2D eigenvalue weighted by molar-refractivity contribution is 5.74. The van der Waals surface area contributed by atoms with Crippen LogP contribution in [0.25, 0.3) is 0 Å². The SMILES string of the molecule is CC1CN(C(=O)NCc2cccc(C(F)(F)F)c2)CC(C)O1. The number of rotatable bonds is 2. The quantitative estimate of drug-likeness (QED) is 0.911. The molecule has 0 spiro atoms. The number of nitrogens with one attached hydrogen (secondary N) is 1. The van der Waals surface area contributed by atoms with E-state index in [1.54, 1.807) is 11.0 Å². The first-order chi connectivity index (χ1) is 10.3. The van der Waals surface area contributed by atoms with Gasteiger partial charge in [0.15, 0.2) is 0 Å². The molecule has 2 unspecified atom stereocenters. The summed E-state index contributed by atoms with van der Waals surface area (Å²) in [6, 6.07) is 4.66. The fraction of sp³-hybridized carbons (Fsp3) is 0.533. The summed E-state index contributed by atoms with van der Waals surface area (Å²) < 4.78 is 43.4. The van der Waals surface area contributed by atoms with Crippen molar-refractivity contribution in [3.8, 4) is 0 Å². The van der Waals surface area contributed by atoms with Gasteiger partial charge in [0, 0.05) is 19.6 Å². The molecule has 1 aliphatic rings. The number of ether oxygens (including phenoxy) is 1. The van der Waals surface area contributed by atoms with Gasteiger partial charge in [0.2, 0.25) is 0 Å². The van der Waals surface area contributed by atoms with Crippen LogP contribution in [0.1, 0.15) is 25.0 Å². The van der Waals surface area contributed by atoms with Gasteiger partial charge in [-0.1, -0.05) is 12.1 Å². The first-order valence-electron chi connectivity index (χ1n) is 7.10. The van der Waals surface area contributed by atoms with Gasteiger partial charge in [-0.15, -0.1) is 0 Å². The predicted molar refractivity (Wildman–Crippen MR) is 75.3 cm³/mol. The number of hydrogen-bond acceptors (Lipinski definition) is 2. The molecule has 2 atom stereocenters. The molecule has 0 radical (unpaired) electrons. The van der Waals surface area contributed by atoms with Gasteiger partial charge >= 0.3 is 12.2 Å². The zero-order valence-corrected chi connectivity index (χ0v) is 12.5. The molecule has 0 saturated carbocycles. The Kier molecular flexibility index (Phi) is 4.95. The van der Waals surface area contributed by atoms with Crippen LogP contribution < -0.4 is 5.32 Å². The van der Waals surface area contributed by atoms with Crippen molar-refractivity contribution < 1.29 is 22.7 Å². The van der Waals surface area contributed by atoms with Crippen molar-refractivity contribution in [2.24, 2.45) is 0 Å². The molecule has 0 aromatic heterocycles. The number of amides is 2. The molecule has 0 bridgehead atoms. The summed E-state index contributed by atoms with van der Waals surface area (Å²) in [7, 11) is 0. The largest absolute Gasteiger partial charge is 0.416 e. The highest BCUT2D eigenvalue weighted by Gasteiger charge is 2.30. The second kappa shape index (κ2) is 6.56. The Morgan fingerprint density at radius 1 is 1.32 bits per heavy atom. The topological polar surface area (TPSA) is 41.6 Å². The zero-order valence-electron chi connectivity index (χ0n) is 12.5. The lowest BCUT2D eigenvalue weighted by Gasteiger charge is -2.35. The predicted octanol–water partition coefficient (Wildman–Crippen LogP) is 3.02. The normalized spacial score (nSPS) is 22.5. The maximum Gasteiger partial charge on any atom is 0.416 e. The Hall–Kier alpha value is -1.76. The molecule has 4 nitrogen and oxygen atoms in total. The van der Waals surface area contributed by atoms with E-state index in [0.717, 1.165) is 12.1 Å². The molecule has 2 rings (SSSR count). The van der Waals surface area contributed by atoms with Gasteiger partial charge in [-0.3, -0.25) is 0 Å². The standard InChI is InChI=1S/C15H19F3N2O2/c1-10-8-20(9-11(2)22-10)14(21)19-7-12-4-3-5-13(6-12)15(16,17)18/h3-6,10-11H,7-9H2,1-2H3,(H,19,21). The van der Waals surface area contributed by atoms with Crippen LogP contribution in [0, 0.1) is 0 Å². The van der Waals surface area contributed by atoms with E-state index in [0.29, 0.717) is 18.7 Å². The van der Waals surface area contributed by atoms with Gasteiger partial charge in [0.05, 0.1) is 17.8 Å². The number of morpholine rings is 1. The van der Waals surface area contributed by atoms with Crippen LogP contribution in [-0.4, -0.2) is 36.2 Å². The van der Waals surface area contributed by atoms with Crippen molar-refractivity contribution in [1.82, 2.24) is 10.2 Å². The minimum absolute atomic E-state index is 0.0527. The van der Waals surface area contributed by atoms with Crippen LogP contribution in [0.5, 0.6) is 0 Å². The third-order valence-corrected chi connectivity index (χ3v) is 3.40. The molecule has 1 aromatic carbocycles. The number of nitrogens with zero attached hydrogens (tertiary/aromatic N) is 1. The van der Waals surface area contributed by atoms with E-state index >= 15 is 0 Å². The Bertz CT molecular complexity index is 524. The second-order valence-corrected chi connectivity index (χ2v) is 5.52. The summed E-state index contributed by atoms with van der Waals surface area (Å²) in [5.41, 5.74) is -0.301. The van der Waals surface area contributed by atoms with Crippen LogP contribution in [0.15, 0.2) is 24.3 Å². The fourth-order valence-corrected chi connectivity index (χ4v) is 2.49. The summed E-state index contributed by atoms with van der Waals surface area (Å²) in [6.45, 7) is 4.76. The molecule has 1 aliphatic heterocycles. The van der Waals surface area contributed by atoms with Crippen molar-refractivity contribution in [2.45, 2.75) is 38.8 Å². The molecule has 1 heterocycles. The Balaban J connectivity index is 1.94. The van der Waals surface area contributed by atoms with Crippen LogP contribution in [-0.2, 0) is 17.5 Å². The highest BCUT2D eigenvalue weighted by atomic mass is 19.4. The number of benzene rings is 1. The highest BCUT2D eigenvalue weighted by Crippen LogP contribution is 2.29. The summed E-state index contributed by atoms with van der Waals surface area (Å²) >= 11 is 0. The van der Waals surface area contributed by atoms with E-state index in [-0.39, 0.29) is 24.8 Å². The average Bonchev–Trinajstić information content (AvgIpc) is 2.43. The van der Waals surface area contributed by atoms with Crippen LogP contribution in [0.2, 0.25) is 0 Å². The summed E-state index contributed by atoms with van der Waals surface area (Å²) in [6.07, 6.45) is -4.49. The minimum Gasteiger partial charge on any atom is -0.372 e. The molecule has 1 N–H and O–H groups in total. The molecule has 1 aromatic rings. The van der Waals surface area contributed by atoms with Crippen LogP contribution >= 0.6 is 0 Å². The van der Waals surface area contributed by atoms with Gasteiger partial charge in [0.1, 0.15) is 0 Å². The van der Waals surface area contributed by atoms with Gasteiger partial charge in [-0.2, -0.15) is 13.2 Å². The molecule has 7 heteroatoms. The first kappa shape index (κ1) is 16.6.